The van der Waals surface area contributed by atoms with Crippen LogP contribution in [0.15, 0.2) is 41.7 Å². The highest BCUT2D eigenvalue weighted by Crippen LogP contribution is 2.16. The number of hydrogen-bond donors (Lipinski definition) is 1. The van der Waals surface area contributed by atoms with Crippen molar-refractivity contribution >= 4 is 41.5 Å². The molecule has 1 aromatic heterocycles. The van der Waals surface area contributed by atoms with Gasteiger partial charge in [-0.25, -0.2) is 0 Å². The second-order valence-corrected chi connectivity index (χ2v) is 7.44. The van der Waals surface area contributed by atoms with Crippen LogP contribution in [-0.2, 0) is 11.8 Å². The fraction of sp³-hybridized carbons (Fsp3) is 0.500. The number of benzene rings is 1. The lowest BCUT2D eigenvalue weighted by Gasteiger charge is -2.35. The second kappa shape index (κ2) is 12.5. The van der Waals surface area contributed by atoms with Gasteiger partial charge in [0.15, 0.2) is 5.96 Å². The molecule has 1 aromatic carbocycles. The summed E-state index contributed by atoms with van der Waals surface area (Å²) >= 11 is 0. The molecular weight excluding hydrogens is 507 g/mol. The van der Waals surface area contributed by atoms with E-state index in [0.29, 0.717) is 26.2 Å². The number of amides is 1. The van der Waals surface area contributed by atoms with E-state index in [1.165, 1.54) is 5.56 Å². The Hall–Kier alpha value is -2.30. The number of anilines is 1. The Balaban J connectivity index is 0.00000341. The summed E-state index contributed by atoms with van der Waals surface area (Å²) in [7, 11) is 1.85. The average molecular weight is 540 g/mol. The maximum Gasteiger partial charge on any atom is 0.246 e. The standard InChI is InChI=1S/C22H32N6O2.HI/c1-4-23-22(24-11-5-6-14-30-20-9-7-18(2)8-10-20)27-12-13-28(21(29)17-27)19-15-25-26(3)16-19;/h7-10,15-16H,4-6,11-14,17H2,1-3H3,(H,23,24);1H. The number of unbranched alkanes of at least 4 members (excludes halogenated alkanes) is 1. The number of nitrogens with one attached hydrogen (secondary N) is 1. The molecule has 1 saturated heterocycles. The Labute approximate surface area is 201 Å². The number of ether oxygens (including phenoxy) is 1. The van der Waals surface area contributed by atoms with Crippen LogP contribution in [0.4, 0.5) is 5.69 Å². The highest BCUT2D eigenvalue weighted by atomic mass is 127. The van der Waals surface area contributed by atoms with Gasteiger partial charge in [0.1, 0.15) is 12.3 Å². The molecule has 1 fully saturated rings. The largest absolute Gasteiger partial charge is 0.494 e. The summed E-state index contributed by atoms with van der Waals surface area (Å²) in [5.74, 6) is 1.77. The molecule has 1 N–H and O–H groups in total. The lowest BCUT2D eigenvalue weighted by molar-refractivity contribution is -0.120. The Morgan fingerprint density at radius 3 is 2.65 bits per heavy atom. The molecule has 0 spiro atoms. The zero-order chi connectivity index (χ0) is 21.3. The zero-order valence-electron chi connectivity index (χ0n) is 18.6. The molecule has 1 aliphatic heterocycles. The number of halogens is 1. The molecule has 0 unspecified atom stereocenters. The number of aromatic nitrogens is 2. The van der Waals surface area contributed by atoms with E-state index in [1.807, 2.05) is 37.2 Å². The van der Waals surface area contributed by atoms with Crippen LogP contribution >= 0.6 is 24.0 Å². The Morgan fingerprint density at radius 1 is 1.23 bits per heavy atom. The molecule has 31 heavy (non-hydrogen) atoms. The molecule has 2 aromatic rings. The smallest absolute Gasteiger partial charge is 0.246 e. The number of rotatable bonds is 8. The van der Waals surface area contributed by atoms with E-state index >= 15 is 0 Å². The quantitative estimate of drug-likeness (QED) is 0.241. The fourth-order valence-corrected chi connectivity index (χ4v) is 3.32. The van der Waals surface area contributed by atoms with E-state index in [0.717, 1.165) is 43.3 Å². The van der Waals surface area contributed by atoms with Crippen molar-refractivity contribution in [2.75, 3.05) is 44.2 Å². The minimum absolute atomic E-state index is 0. The average Bonchev–Trinajstić information content (AvgIpc) is 3.17. The predicted octanol–water partition coefficient (Wildman–Crippen LogP) is 2.82. The van der Waals surface area contributed by atoms with E-state index in [2.05, 4.69) is 29.5 Å². The van der Waals surface area contributed by atoms with Gasteiger partial charge in [-0.15, -0.1) is 24.0 Å². The molecule has 0 bridgehead atoms. The maximum atomic E-state index is 12.6. The highest BCUT2D eigenvalue weighted by Gasteiger charge is 2.27. The molecule has 1 amide bonds. The molecule has 0 aliphatic carbocycles. The van der Waals surface area contributed by atoms with Crippen LogP contribution in [0, 0.1) is 6.92 Å². The van der Waals surface area contributed by atoms with Crippen LogP contribution in [0.5, 0.6) is 5.75 Å². The van der Waals surface area contributed by atoms with Crippen LogP contribution < -0.4 is 15.0 Å². The lowest BCUT2D eigenvalue weighted by Crippen LogP contribution is -2.55. The molecule has 9 heteroatoms. The summed E-state index contributed by atoms with van der Waals surface area (Å²) in [6.45, 7) is 7.94. The molecule has 0 atom stereocenters. The van der Waals surface area contributed by atoms with Gasteiger partial charge in [0.2, 0.25) is 5.91 Å². The summed E-state index contributed by atoms with van der Waals surface area (Å²) in [6, 6.07) is 8.10. The van der Waals surface area contributed by atoms with Crippen LogP contribution in [-0.4, -0.2) is 65.9 Å². The van der Waals surface area contributed by atoms with Gasteiger partial charge in [0, 0.05) is 39.4 Å². The lowest BCUT2D eigenvalue weighted by atomic mass is 10.2. The fourth-order valence-electron chi connectivity index (χ4n) is 3.32. The van der Waals surface area contributed by atoms with E-state index in [-0.39, 0.29) is 29.9 Å². The van der Waals surface area contributed by atoms with Crippen LogP contribution in [0.1, 0.15) is 25.3 Å². The van der Waals surface area contributed by atoms with Gasteiger partial charge in [-0.05, 0) is 38.8 Å². The molecular formula is C22H33IN6O2. The first-order chi connectivity index (χ1) is 14.6. The van der Waals surface area contributed by atoms with Gasteiger partial charge in [-0.2, -0.15) is 5.10 Å². The zero-order valence-corrected chi connectivity index (χ0v) is 20.9. The van der Waals surface area contributed by atoms with Gasteiger partial charge in [-0.1, -0.05) is 17.7 Å². The first-order valence-electron chi connectivity index (χ1n) is 10.6. The normalized spacial score (nSPS) is 14.4. The molecule has 1 aliphatic rings. The first kappa shape index (κ1) is 25.0. The number of piperazine rings is 1. The van der Waals surface area contributed by atoms with Gasteiger partial charge in [0.05, 0.1) is 18.5 Å². The monoisotopic (exact) mass is 540 g/mol. The third-order valence-electron chi connectivity index (χ3n) is 4.96. The maximum absolute atomic E-state index is 12.6. The number of aryl methyl sites for hydroxylation is 2. The van der Waals surface area contributed by atoms with Gasteiger partial charge >= 0.3 is 0 Å². The van der Waals surface area contributed by atoms with Crippen molar-refractivity contribution in [3.8, 4) is 5.75 Å². The van der Waals surface area contributed by atoms with Crippen LogP contribution in [0.3, 0.4) is 0 Å². The van der Waals surface area contributed by atoms with E-state index in [9.17, 15) is 4.79 Å². The predicted molar refractivity (Wildman–Crippen MR) is 134 cm³/mol. The van der Waals surface area contributed by atoms with Crippen molar-refractivity contribution in [1.29, 1.82) is 0 Å². The SMILES string of the molecule is CCNC(=NCCCCOc1ccc(C)cc1)N1CCN(c2cnn(C)c2)C(=O)C1.I. The highest BCUT2D eigenvalue weighted by molar-refractivity contribution is 14.0. The summed E-state index contributed by atoms with van der Waals surface area (Å²) in [5.41, 5.74) is 2.07. The minimum atomic E-state index is 0. The summed E-state index contributed by atoms with van der Waals surface area (Å²) in [6.07, 6.45) is 5.46. The molecule has 3 rings (SSSR count). The van der Waals surface area contributed by atoms with Crippen LogP contribution in [0.25, 0.3) is 0 Å². The van der Waals surface area contributed by atoms with E-state index in [1.54, 1.807) is 15.8 Å². The number of nitrogens with zero attached hydrogens (tertiary/aromatic N) is 5. The van der Waals surface area contributed by atoms with E-state index in [4.69, 9.17) is 9.73 Å². The molecule has 2 heterocycles. The van der Waals surface area contributed by atoms with Crippen LogP contribution in [0.2, 0.25) is 0 Å². The van der Waals surface area contributed by atoms with Gasteiger partial charge < -0.3 is 19.9 Å². The number of aliphatic imine (C=N–C) groups is 1. The van der Waals surface area contributed by atoms with E-state index < -0.39 is 0 Å². The van der Waals surface area contributed by atoms with Crippen molar-refractivity contribution in [3.63, 3.8) is 0 Å². The van der Waals surface area contributed by atoms with Crippen molar-refractivity contribution in [3.05, 3.63) is 42.2 Å². The van der Waals surface area contributed by atoms with Crippen molar-refractivity contribution < 1.29 is 9.53 Å². The Bertz CT molecular complexity index is 852. The van der Waals surface area contributed by atoms with Crippen molar-refractivity contribution in [2.24, 2.45) is 12.0 Å². The third-order valence-corrected chi connectivity index (χ3v) is 4.96. The van der Waals surface area contributed by atoms with Crippen molar-refractivity contribution in [1.82, 2.24) is 20.0 Å². The van der Waals surface area contributed by atoms with Crippen molar-refractivity contribution in [2.45, 2.75) is 26.7 Å². The summed E-state index contributed by atoms with van der Waals surface area (Å²) in [4.78, 5) is 21.2. The van der Waals surface area contributed by atoms with Gasteiger partial charge in [0.25, 0.3) is 0 Å². The van der Waals surface area contributed by atoms with Gasteiger partial charge in [-0.3, -0.25) is 14.5 Å². The Kier molecular flexibility index (Phi) is 10.1. The topological polar surface area (TPSA) is 75.0 Å². The number of carbonyl (C=O) groups excluding carboxylic acids is 1. The summed E-state index contributed by atoms with van der Waals surface area (Å²) < 4.78 is 7.48. The molecule has 0 radical (unpaired) electrons. The number of carbonyl (C=O) groups is 1. The molecule has 170 valence electrons. The minimum Gasteiger partial charge on any atom is -0.494 e. The molecule has 0 saturated carbocycles. The third kappa shape index (κ3) is 7.41. The first-order valence-corrected chi connectivity index (χ1v) is 10.6. The molecule has 8 nitrogen and oxygen atoms in total. The number of hydrogen-bond acceptors (Lipinski definition) is 4. The second-order valence-electron chi connectivity index (χ2n) is 7.44. The number of guanidine groups is 1. The Morgan fingerprint density at radius 2 is 2.00 bits per heavy atom. The summed E-state index contributed by atoms with van der Waals surface area (Å²) in [5, 5.41) is 7.47.